The van der Waals surface area contributed by atoms with Gasteiger partial charge in [-0.1, -0.05) is 41.0 Å². The van der Waals surface area contributed by atoms with Gasteiger partial charge in [-0.3, -0.25) is 10.1 Å². The van der Waals surface area contributed by atoms with Crippen LogP contribution < -0.4 is 0 Å². The Morgan fingerprint density at radius 1 is 1.29 bits per heavy atom. The number of non-ortho nitro benzene ring substituents is 1. The summed E-state index contributed by atoms with van der Waals surface area (Å²) in [6.07, 6.45) is 2.29. The van der Waals surface area contributed by atoms with E-state index < -0.39 is 0 Å². The van der Waals surface area contributed by atoms with Gasteiger partial charge in [0, 0.05) is 31.1 Å². The van der Waals surface area contributed by atoms with Crippen molar-refractivity contribution in [3.8, 4) is 0 Å². The van der Waals surface area contributed by atoms with Crippen molar-refractivity contribution >= 4 is 17.2 Å². The molecule has 0 spiro atoms. The van der Waals surface area contributed by atoms with Crippen molar-refractivity contribution in [1.82, 2.24) is 4.90 Å². The van der Waals surface area contributed by atoms with Crippen LogP contribution in [0.4, 0.5) is 11.4 Å². The van der Waals surface area contributed by atoms with Crippen molar-refractivity contribution in [2.24, 2.45) is 16.8 Å². The van der Waals surface area contributed by atoms with E-state index in [2.05, 4.69) is 39.5 Å². The first-order chi connectivity index (χ1) is 11.3. The number of amidine groups is 1. The Morgan fingerprint density at radius 3 is 2.42 bits per heavy atom. The van der Waals surface area contributed by atoms with E-state index in [0.29, 0.717) is 11.8 Å². The van der Waals surface area contributed by atoms with Gasteiger partial charge in [0.05, 0.1) is 10.6 Å². The van der Waals surface area contributed by atoms with Gasteiger partial charge in [-0.05, 0) is 30.9 Å². The molecule has 24 heavy (non-hydrogen) atoms. The van der Waals surface area contributed by atoms with Gasteiger partial charge < -0.3 is 4.90 Å². The SMILES string of the molecule is CCCCN(CC(C)C)C(=Nc1ccc([N+](=O)[O-])cc1C)C(C)C. The minimum atomic E-state index is -0.365. The fraction of sp³-hybridized carbons (Fsp3) is 0.632. The van der Waals surface area contributed by atoms with Crippen LogP contribution in [-0.2, 0) is 0 Å². The van der Waals surface area contributed by atoms with E-state index in [-0.39, 0.29) is 10.6 Å². The molecule has 0 saturated carbocycles. The van der Waals surface area contributed by atoms with Gasteiger partial charge >= 0.3 is 0 Å². The number of aliphatic imine (C=N–C) groups is 1. The Morgan fingerprint density at radius 2 is 1.96 bits per heavy atom. The number of rotatable bonds is 8. The summed E-state index contributed by atoms with van der Waals surface area (Å²) in [5.41, 5.74) is 1.76. The number of hydrogen-bond acceptors (Lipinski definition) is 3. The lowest BCUT2D eigenvalue weighted by Gasteiger charge is -2.30. The van der Waals surface area contributed by atoms with E-state index in [9.17, 15) is 10.1 Å². The average Bonchev–Trinajstić information content (AvgIpc) is 2.49. The van der Waals surface area contributed by atoms with E-state index in [4.69, 9.17) is 4.99 Å². The topological polar surface area (TPSA) is 58.7 Å². The van der Waals surface area contributed by atoms with E-state index >= 15 is 0 Å². The van der Waals surface area contributed by atoms with Gasteiger partial charge in [-0.15, -0.1) is 0 Å². The largest absolute Gasteiger partial charge is 0.360 e. The summed E-state index contributed by atoms with van der Waals surface area (Å²) in [7, 11) is 0. The Bertz CT molecular complexity index is 580. The third-order valence-electron chi connectivity index (χ3n) is 3.83. The van der Waals surface area contributed by atoms with Crippen molar-refractivity contribution in [2.45, 2.75) is 54.4 Å². The maximum atomic E-state index is 10.9. The van der Waals surface area contributed by atoms with Crippen LogP contribution in [0.5, 0.6) is 0 Å². The molecular formula is C19H31N3O2. The van der Waals surface area contributed by atoms with Gasteiger partial charge in [0.1, 0.15) is 5.84 Å². The van der Waals surface area contributed by atoms with Crippen LogP contribution in [-0.4, -0.2) is 28.7 Å². The Labute approximate surface area is 145 Å². The smallest absolute Gasteiger partial charge is 0.269 e. The number of hydrogen-bond donors (Lipinski definition) is 0. The molecule has 0 aliphatic carbocycles. The van der Waals surface area contributed by atoms with Crippen molar-refractivity contribution in [1.29, 1.82) is 0 Å². The molecule has 0 bridgehead atoms. The first-order valence-electron chi connectivity index (χ1n) is 8.84. The fourth-order valence-corrected chi connectivity index (χ4v) is 2.66. The second kappa shape index (κ2) is 9.40. The van der Waals surface area contributed by atoms with E-state index in [0.717, 1.165) is 43.0 Å². The number of nitrogens with zero attached hydrogens (tertiary/aromatic N) is 3. The molecule has 0 amide bonds. The van der Waals surface area contributed by atoms with Gasteiger partial charge in [0.15, 0.2) is 0 Å². The van der Waals surface area contributed by atoms with E-state index in [1.807, 2.05) is 6.92 Å². The second-order valence-corrected chi connectivity index (χ2v) is 7.05. The molecule has 1 aromatic rings. The minimum absolute atomic E-state index is 0.113. The summed E-state index contributed by atoms with van der Waals surface area (Å²) >= 11 is 0. The summed E-state index contributed by atoms with van der Waals surface area (Å²) < 4.78 is 0. The van der Waals surface area contributed by atoms with Crippen LogP contribution in [0.3, 0.4) is 0 Å². The zero-order valence-electron chi connectivity index (χ0n) is 15.9. The summed E-state index contributed by atoms with van der Waals surface area (Å²) in [5.74, 6) is 1.92. The zero-order valence-corrected chi connectivity index (χ0v) is 15.9. The molecular weight excluding hydrogens is 302 g/mol. The third kappa shape index (κ3) is 5.95. The monoisotopic (exact) mass is 333 g/mol. The Hall–Kier alpha value is -1.91. The molecule has 0 saturated heterocycles. The number of benzene rings is 1. The second-order valence-electron chi connectivity index (χ2n) is 7.05. The van der Waals surface area contributed by atoms with Crippen molar-refractivity contribution in [2.75, 3.05) is 13.1 Å². The maximum absolute atomic E-state index is 10.9. The predicted molar refractivity (Wildman–Crippen MR) is 101 cm³/mol. The lowest BCUT2D eigenvalue weighted by molar-refractivity contribution is -0.384. The quantitative estimate of drug-likeness (QED) is 0.279. The zero-order chi connectivity index (χ0) is 18.3. The first kappa shape index (κ1) is 20.1. The molecule has 0 N–H and O–H groups in total. The molecule has 0 aliphatic heterocycles. The first-order valence-corrected chi connectivity index (χ1v) is 8.84. The van der Waals surface area contributed by atoms with Crippen molar-refractivity contribution in [3.05, 3.63) is 33.9 Å². The molecule has 5 nitrogen and oxygen atoms in total. The average molecular weight is 333 g/mol. The van der Waals surface area contributed by atoms with Crippen LogP contribution in [0.1, 0.15) is 53.0 Å². The fourth-order valence-electron chi connectivity index (χ4n) is 2.66. The molecule has 0 atom stereocenters. The standard InChI is InChI=1S/C19H31N3O2/c1-7-8-11-21(13-14(2)3)19(15(4)5)20-18-10-9-17(22(23)24)12-16(18)6/h9-10,12,14-15H,7-8,11,13H2,1-6H3. The maximum Gasteiger partial charge on any atom is 0.269 e. The number of nitro groups is 1. The molecule has 0 fully saturated rings. The summed E-state index contributed by atoms with van der Waals surface area (Å²) in [6.45, 7) is 14.8. The highest BCUT2D eigenvalue weighted by atomic mass is 16.6. The third-order valence-corrected chi connectivity index (χ3v) is 3.83. The highest BCUT2D eigenvalue weighted by Gasteiger charge is 2.17. The Balaban J connectivity index is 3.20. The molecule has 5 heteroatoms. The van der Waals surface area contributed by atoms with Crippen LogP contribution >= 0.6 is 0 Å². The van der Waals surface area contributed by atoms with Gasteiger partial charge in [0.25, 0.3) is 5.69 Å². The number of unbranched alkanes of at least 4 members (excludes halogenated alkanes) is 1. The number of aryl methyl sites for hydroxylation is 1. The molecule has 1 aromatic carbocycles. The van der Waals surface area contributed by atoms with Gasteiger partial charge in [0.2, 0.25) is 0 Å². The van der Waals surface area contributed by atoms with Crippen molar-refractivity contribution in [3.63, 3.8) is 0 Å². The molecule has 0 unspecified atom stereocenters. The van der Waals surface area contributed by atoms with Crippen LogP contribution in [0.25, 0.3) is 0 Å². The molecule has 0 heterocycles. The summed E-state index contributed by atoms with van der Waals surface area (Å²) in [4.78, 5) is 17.8. The summed E-state index contributed by atoms with van der Waals surface area (Å²) in [5, 5.41) is 10.9. The van der Waals surface area contributed by atoms with E-state index in [1.54, 1.807) is 12.1 Å². The summed E-state index contributed by atoms with van der Waals surface area (Å²) in [6, 6.07) is 4.88. The van der Waals surface area contributed by atoms with Gasteiger partial charge in [-0.2, -0.15) is 0 Å². The van der Waals surface area contributed by atoms with Crippen molar-refractivity contribution < 1.29 is 4.92 Å². The molecule has 0 aromatic heterocycles. The molecule has 134 valence electrons. The normalized spacial score (nSPS) is 12.1. The predicted octanol–water partition coefficient (Wildman–Crippen LogP) is 5.35. The van der Waals surface area contributed by atoms with Gasteiger partial charge in [-0.25, -0.2) is 4.99 Å². The highest BCUT2D eigenvalue weighted by molar-refractivity contribution is 5.87. The van der Waals surface area contributed by atoms with Crippen LogP contribution in [0.15, 0.2) is 23.2 Å². The number of nitro benzene ring substituents is 1. The van der Waals surface area contributed by atoms with Crippen LogP contribution in [0, 0.1) is 28.9 Å². The molecule has 0 radical (unpaired) electrons. The highest BCUT2D eigenvalue weighted by Crippen LogP contribution is 2.25. The Kier molecular flexibility index (Phi) is 7.89. The molecule has 0 aliphatic rings. The minimum Gasteiger partial charge on any atom is -0.360 e. The lowest BCUT2D eigenvalue weighted by Crippen LogP contribution is -2.37. The van der Waals surface area contributed by atoms with Crippen LogP contribution in [0.2, 0.25) is 0 Å². The van der Waals surface area contributed by atoms with E-state index in [1.165, 1.54) is 6.07 Å². The lowest BCUT2D eigenvalue weighted by atomic mass is 10.1. The molecule has 1 rings (SSSR count).